The molecule has 58 heavy (non-hydrogen) atoms. The van der Waals surface area contributed by atoms with E-state index >= 15 is 0 Å². The van der Waals surface area contributed by atoms with E-state index in [0.29, 0.717) is 6.42 Å². The van der Waals surface area contributed by atoms with Crippen LogP contribution in [0.2, 0.25) is 0 Å². The van der Waals surface area contributed by atoms with Crippen molar-refractivity contribution in [2.45, 2.75) is 141 Å². The summed E-state index contributed by atoms with van der Waals surface area (Å²) in [5, 5.41) is 31.3. The van der Waals surface area contributed by atoms with Gasteiger partial charge in [0, 0.05) is 45.6 Å². The maximum Gasteiger partial charge on any atom is 0.459 e. The third-order valence-corrected chi connectivity index (χ3v) is 7.83. The van der Waals surface area contributed by atoms with Crippen molar-refractivity contribution in [3.8, 4) is 0 Å². The molecular formula is C34H51F7N2O15. The fourth-order valence-electron chi connectivity index (χ4n) is 4.86. The van der Waals surface area contributed by atoms with Crippen LogP contribution in [0.3, 0.4) is 0 Å². The summed E-state index contributed by atoms with van der Waals surface area (Å²) < 4.78 is 117. The molecule has 0 aromatic heterocycles. The molecule has 0 fully saturated rings. The van der Waals surface area contributed by atoms with Gasteiger partial charge in [-0.3, -0.25) is 28.8 Å². The van der Waals surface area contributed by atoms with Crippen LogP contribution in [0, 0.1) is 5.92 Å². The van der Waals surface area contributed by atoms with E-state index in [1.165, 1.54) is 0 Å². The van der Waals surface area contributed by atoms with Crippen LogP contribution in [0.5, 0.6) is 0 Å². The van der Waals surface area contributed by atoms with Crippen molar-refractivity contribution in [3.63, 3.8) is 0 Å². The molecule has 0 rings (SSSR count). The van der Waals surface area contributed by atoms with Crippen LogP contribution in [0.1, 0.15) is 91.4 Å². The van der Waals surface area contributed by atoms with E-state index in [4.69, 9.17) is 29.2 Å². The third kappa shape index (κ3) is 19.8. The van der Waals surface area contributed by atoms with Gasteiger partial charge in [0.1, 0.15) is 30.5 Å². The molecule has 17 nitrogen and oxygen atoms in total. The number of ketones is 4. The zero-order valence-corrected chi connectivity index (χ0v) is 32.2. The highest BCUT2D eigenvalue weighted by Gasteiger charge is 2.72. The van der Waals surface area contributed by atoms with Gasteiger partial charge >= 0.3 is 24.0 Å². The van der Waals surface area contributed by atoms with Crippen molar-refractivity contribution in [1.29, 1.82) is 0 Å². The summed E-state index contributed by atoms with van der Waals surface area (Å²) in [6, 6.07) is 0. The van der Waals surface area contributed by atoms with Crippen LogP contribution in [0.15, 0.2) is 0 Å². The standard InChI is InChI=1S/C34H51F7N2O15/c1-5-9-20(45)10-7-12-22(47)18-57-30(28(51)55-17-15-32(35,36)33(37,38)34(39,40)41)58-29(27(50)42-19(3)44)56-16-14-21(46)11-8-13-24(48)25(54-4)23(6-2)26(49)43-31(52)53/h19,23,25,29-31,44,52-53H,5-18H2,1-4H3,(H,42,50)(H,43,49). The van der Waals surface area contributed by atoms with Gasteiger partial charge in [-0.1, -0.05) is 13.8 Å². The van der Waals surface area contributed by atoms with Crippen molar-refractivity contribution in [2.75, 3.05) is 26.9 Å². The number of ether oxygens (including phenoxy) is 5. The van der Waals surface area contributed by atoms with E-state index in [-0.39, 0.29) is 57.1 Å². The minimum absolute atomic E-state index is 0.00565. The number of carbonyl (C=O) groups excluding carboxylic acids is 7. The minimum atomic E-state index is -6.67. The monoisotopic (exact) mass is 860 g/mol. The van der Waals surface area contributed by atoms with E-state index < -0.39 is 123 Å². The number of aliphatic hydroxyl groups is 3. The molecule has 336 valence electrons. The van der Waals surface area contributed by atoms with Gasteiger partial charge in [0.25, 0.3) is 12.2 Å². The Labute approximate surface area is 328 Å². The van der Waals surface area contributed by atoms with Crippen LogP contribution in [-0.2, 0) is 57.2 Å². The average molecular weight is 861 g/mol. The molecule has 0 aromatic rings. The molecule has 0 aliphatic carbocycles. The Morgan fingerprint density at radius 1 is 0.690 bits per heavy atom. The molecule has 5 unspecified atom stereocenters. The summed E-state index contributed by atoms with van der Waals surface area (Å²) in [6.45, 7) is 0.853. The number of carbonyl (C=O) groups is 7. The Hall–Kier alpha value is -3.68. The lowest BCUT2D eigenvalue weighted by atomic mass is 9.92. The van der Waals surface area contributed by atoms with Crippen LogP contribution in [0.25, 0.3) is 0 Å². The number of alkyl halides is 7. The van der Waals surface area contributed by atoms with Crippen molar-refractivity contribution < 1.29 is 103 Å². The van der Waals surface area contributed by atoms with Gasteiger partial charge in [-0.25, -0.2) is 4.79 Å². The highest BCUT2D eigenvalue weighted by atomic mass is 19.4. The number of rotatable bonds is 32. The van der Waals surface area contributed by atoms with Crippen molar-refractivity contribution in [3.05, 3.63) is 0 Å². The smallest absolute Gasteiger partial charge is 0.459 e. The van der Waals surface area contributed by atoms with E-state index in [2.05, 4.69) is 4.74 Å². The van der Waals surface area contributed by atoms with Gasteiger partial charge in [0.15, 0.2) is 11.6 Å². The van der Waals surface area contributed by atoms with E-state index in [0.717, 1.165) is 14.0 Å². The van der Waals surface area contributed by atoms with Crippen LogP contribution < -0.4 is 10.6 Å². The van der Waals surface area contributed by atoms with Crippen molar-refractivity contribution in [2.24, 2.45) is 5.92 Å². The zero-order valence-electron chi connectivity index (χ0n) is 32.2. The number of aliphatic hydroxyl groups excluding tert-OH is 2. The Bertz CT molecular complexity index is 1350. The maximum atomic E-state index is 13.8. The van der Waals surface area contributed by atoms with Gasteiger partial charge in [0.2, 0.25) is 18.6 Å². The Morgan fingerprint density at radius 2 is 1.26 bits per heavy atom. The molecule has 0 saturated heterocycles. The molecular weight excluding hydrogens is 809 g/mol. The number of halogens is 7. The quantitative estimate of drug-likeness (QED) is 0.0369. The highest BCUT2D eigenvalue weighted by Crippen LogP contribution is 2.48. The number of hydrogen-bond donors (Lipinski definition) is 5. The van der Waals surface area contributed by atoms with Crippen LogP contribution in [-0.4, -0.2) is 133 Å². The number of Topliss-reactive ketones (excluding diaryl/α,β-unsaturated/α-hetero) is 4. The molecule has 0 aliphatic rings. The number of hydrogen-bond acceptors (Lipinski definition) is 15. The first kappa shape index (κ1) is 54.3. The Balaban J connectivity index is 5.78. The molecule has 0 aromatic carbocycles. The lowest BCUT2D eigenvalue weighted by molar-refractivity contribution is -0.356. The average Bonchev–Trinajstić information content (AvgIpc) is 3.10. The molecule has 0 spiro atoms. The molecule has 5 atom stereocenters. The van der Waals surface area contributed by atoms with Crippen LogP contribution in [0.4, 0.5) is 30.7 Å². The summed E-state index contributed by atoms with van der Waals surface area (Å²) in [7, 11) is 1.15. The SMILES string of the molecule is CCCC(=O)CCCC(=O)COC(OC(OCCC(=O)CCCC(=O)C(OC)C(CC)C(=O)NC(O)O)C(=O)NC(C)O)C(=O)OCCC(F)(F)C(F)(F)C(F)(F)F. The first-order valence-corrected chi connectivity index (χ1v) is 18.0. The third-order valence-electron chi connectivity index (χ3n) is 7.83. The normalized spacial score (nSPS) is 14.9. The largest absolute Gasteiger partial charge is 0.462 e. The Kier molecular flexibility index (Phi) is 24.7. The fraction of sp³-hybridized carbons (Fsp3) is 0.794. The van der Waals surface area contributed by atoms with Crippen molar-refractivity contribution in [1.82, 2.24) is 10.6 Å². The summed E-state index contributed by atoms with van der Waals surface area (Å²) in [6.07, 6.45) is -19.5. The lowest BCUT2D eigenvalue weighted by Gasteiger charge is -2.28. The minimum Gasteiger partial charge on any atom is -0.462 e. The fourth-order valence-corrected chi connectivity index (χ4v) is 4.86. The lowest BCUT2D eigenvalue weighted by Crippen LogP contribution is -2.52. The number of methoxy groups -OCH3 is 1. The first-order valence-electron chi connectivity index (χ1n) is 18.0. The van der Waals surface area contributed by atoms with Gasteiger partial charge in [-0.05, 0) is 32.6 Å². The molecule has 2 amide bonds. The molecule has 0 aliphatic heterocycles. The topological polar surface area (TPSA) is 250 Å². The highest BCUT2D eigenvalue weighted by molar-refractivity contribution is 5.91. The van der Waals surface area contributed by atoms with Gasteiger partial charge in [-0.15, -0.1) is 0 Å². The maximum absolute atomic E-state index is 13.8. The van der Waals surface area contributed by atoms with Gasteiger partial charge in [0.05, 0.1) is 25.6 Å². The Morgan fingerprint density at radius 3 is 1.78 bits per heavy atom. The number of esters is 1. The first-order chi connectivity index (χ1) is 26.8. The molecule has 24 heteroatoms. The molecule has 0 saturated carbocycles. The molecule has 5 N–H and O–H groups in total. The van der Waals surface area contributed by atoms with E-state index in [9.17, 15) is 69.4 Å². The zero-order chi connectivity index (χ0) is 44.9. The number of nitrogens with one attached hydrogen (secondary N) is 2. The van der Waals surface area contributed by atoms with Crippen LogP contribution >= 0.6 is 0 Å². The summed E-state index contributed by atoms with van der Waals surface area (Å²) >= 11 is 0. The second-order valence-electron chi connectivity index (χ2n) is 12.7. The van der Waals surface area contributed by atoms with Crippen molar-refractivity contribution >= 4 is 40.9 Å². The van der Waals surface area contributed by atoms with E-state index in [1.807, 2.05) is 10.6 Å². The number of amides is 2. The van der Waals surface area contributed by atoms with Gasteiger partial charge < -0.3 is 49.6 Å². The van der Waals surface area contributed by atoms with E-state index in [1.54, 1.807) is 13.8 Å². The summed E-state index contributed by atoms with van der Waals surface area (Å²) in [5.74, 6) is -19.6. The summed E-state index contributed by atoms with van der Waals surface area (Å²) in [4.78, 5) is 87.1. The molecule has 0 heterocycles. The second-order valence-corrected chi connectivity index (χ2v) is 12.7. The second kappa shape index (κ2) is 26.4. The molecule has 0 radical (unpaired) electrons. The molecule has 0 bridgehead atoms. The predicted molar refractivity (Wildman–Crippen MR) is 180 cm³/mol. The predicted octanol–water partition coefficient (Wildman–Crippen LogP) is 2.14. The van der Waals surface area contributed by atoms with Gasteiger partial charge in [-0.2, -0.15) is 30.7 Å². The summed E-state index contributed by atoms with van der Waals surface area (Å²) in [5.41, 5.74) is 0.